The third kappa shape index (κ3) is 2.37. The predicted molar refractivity (Wildman–Crippen MR) is 57.7 cm³/mol. The molecular formula is C10H10ClFNO3+. The van der Waals surface area contributed by atoms with Crippen LogP contribution in [0.2, 0.25) is 5.02 Å². The first-order chi connectivity index (χ1) is 7.40. The van der Waals surface area contributed by atoms with E-state index in [1.54, 1.807) is 0 Å². The number of hydrogen-bond acceptors (Lipinski definition) is 2. The number of carboxylic acids is 1. The molecule has 0 heterocycles. The molecule has 1 unspecified atom stereocenters. The van der Waals surface area contributed by atoms with E-state index in [-0.39, 0.29) is 10.7 Å². The summed E-state index contributed by atoms with van der Waals surface area (Å²) in [6, 6.07) is 3.92. The van der Waals surface area contributed by atoms with Gasteiger partial charge in [-0.15, -0.1) is 0 Å². The lowest BCUT2D eigenvalue weighted by atomic mass is 10.2. The van der Waals surface area contributed by atoms with Gasteiger partial charge >= 0.3 is 12.4 Å². The minimum absolute atomic E-state index is 0.0239. The van der Waals surface area contributed by atoms with E-state index in [9.17, 15) is 14.0 Å². The number of halogens is 2. The lowest BCUT2D eigenvalue weighted by Gasteiger charge is -2.25. The van der Waals surface area contributed by atoms with Crippen molar-refractivity contribution in [2.45, 2.75) is 0 Å². The fourth-order valence-corrected chi connectivity index (χ4v) is 1.78. The quantitative estimate of drug-likeness (QED) is 0.649. The van der Waals surface area contributed by atoms with Crippen LogP contribution in [0.4, 0.5) is 10.1 Å². The van der Waals surface area contributed by atoms with Gasteiger partial charge in [0.2, 0.25) is 0 Å². The molecule has 1 rings (SSSR count). The second-order valence-corrected chi connectivity index (χ2v) is 3.90. The molecule has 0 saturated carbocycles. The van der Waals surface area contributed by atoms with Crippen LogP contribution in [0, 0.1) is 5.82 Å². The van der Waals surface area contributed by atoms with E-state index < -0.39 is 22.8 Å². The first-order valence-electron chi connectivity index (χ1n) is 4.38. The average Bonchev–Trinajstić information content (AvgIpc) is 2.16. The van der Waals surface area contributed by atoms with E-state index >= 15 is 0 Å². The molecule has 1 amide bonds. The van der Waals surface area contributed by atoms with Gasteiger partial charge in [-0.3, -0.25) is 0 Å². The number of hydrogen-bond donors (Lipinski definition) is 1. The predicted octanol–water partition coefficient (Wildman–Crippen LogP) is 1.66. The Morgan fingerprint density at radius 2 is 2.25 bits per heavy atom. The summed E-state index contributed by atoms with van der Waals surface area (Å²) in [4.78, 5) is 21.6. The molecule has 16 heavy (non-hydrogen) atoms. The summed E-state index contributed by atoms with van der Waals surface area (Å²) >= 11 is 5.77. The van der Waals surface area contributed by atoms with Crippen molar-refractivity contribution < 1.29 is 19.1 Å². The van der Waals surface area contributed by atoms with Gasteiger partial charge in [-0.1, -0.05) is 17.7 Å². The number of carbonyl (C=O) groups excluding carboxylic acids is 1. The number of aliphatic carboxylic acids is 1. The van der Waals surface area contributed by atoms with Crippen LogP contribution in [0.25, 0.3) is 0 Å². The molecule has 0 radical (unpaired) electrons. The number of carbonyl (C=O) groups is 2. The maximum absolute atomic E-state index is 13.5. The molecule has 4 nitrogen and oxygen atoms in total. The van der Waals surface area contributed by atoms with Crippen molar-refractivity contribution in [3.63, 3.8) is 0 Å². The molecule has 1 atom stereocenters. The molecule has 0 fully saturated rings. The van der Waals surface area contributed by atoms with Crippen LogP contribution in [0.3, 0.4) is 0 Å². The Labute approximate surface area is 96.4 Å². The van der Waals surface area contributed by atoms with Gasteiger partial charge in [-0.2, -0.15) is 0 Å². The number of para-hydroxylation sites is 1. The summed E-state index contributed by atoms with van der Waals surface area (Å²) in [5, 5.41) is 8.71. The van der Waals surface area contributed by atoms with Gasteiger partial charge in [0.15, 0.2) is 18.0 Å². The Morgan fingerprint density at radius 1 is 1.62 bits per heavy atom. The summed E-state index contributed by atoms with van der Waals surface area (Å²) in [6.07, 6.45) is 0.346. The third-order valence-electron chi connectivity index (χ3n) is 2.14. The van der Waals surface area contributed by atoms with Crippen molar-refractivity contribution in [2.75, 3.05) is 13.6 Å². The molecular weight excluding hydrogens is 237 g/mol. The maximum atomic E-state index is 13.5. The second-order valence-electron chi connectivity index (χ2n) is 3.50. The first-order valence-corrected chi connectivity index (χ1v) is 4.76. The highest BCUT2D eigenvalue weighted by atomic mass is 35.5. The van der Waals surface area contributed by atoms with Crippen molar-refractivity contribution in [1.82, 2.24) is 4.48 Å². The highest BCUT2D eigenvalue weighted by Gasteiger charge is 2.33. The molecule has 0 spiro atoms. The van der Waals surface area contributed by atoms with Crippen LogP contribution in [-0.2, 0) is 9.59 Å². The van der Waals surface area contributed by atoms with Gasteiger partial charge in [0.05, 0.1) is 7.05 Å². The fourth-order valence-electron chi connectivity index (χ4n) is 1.43. The number of likely N-dealkylation sites (N-methyl/N-ethyl adjacent to an activating group) is 1. The average molecular weight is 247 g/mol. The van der Waals surface area contributed by atoms with E-state index in [4.69, 9.17) is 16.7 Å². The molecule has 0 aliphatic rings. The van der Waals surface area contributed by atoms with Gasteiger partial charge in [0, 0.05) is 0 Å². The number of quaternary nitrogens is 1. The van der Waals surface area contributed by atoms with Crippen LogP contribution < -0.4 is 4.48 Å². The molecule has 0 aromatic heterocycles. The summed E-state index contributed by atoms with van der Waals surface area (Å²) in [6.45, 7) is -0.565. The van der Waals surface area contributed by atoms with E-state index in [1.807, 2.05) is 0 Å². The largest absolute Gasteiger partial charge is 0.477 e. The van der Waals surface area contributed by atoms with Crippen molar-refractivity contribution >= 4 is 29.7 Å². The van der Waals surface area contributed by atoms with E-state index in [1.165, 1.54) is 19.2 Å². The first kappa shape index (κ1) is 12.6. The molecule has 1 aromatic rings. The lowest BCUT2D eigenvalue weighted by Crippen LogP contribution is -2.48. The minimum Gasteiger partial charge on any atom is -0.477 e. The lowest BCUT2D eigenvalue weighted by molar-refractivity contribution is -0.139. The molecule has 0 aliphatic heterocycles. The number of rotatable bonds is 4. The Hall–Kier alpha value is -1.46. The van der Waals surface area contributed by atoms with Crippen molar-refractivity contribution in [2.24, 2.45) is 0 Å². The molecule has 0 saturated heterocycles. The molecule has 0 aliphatic carbocycles. The Kier molecular flexibility index (Phi) is 3.62. The molecule has 1 N–H and O–H groups in total. The highest BCUT2D eigenvalue weighted by molar-refractivity contribution is 6.33. The number of benzene rings is 1. The number of carboxylic acid groups (broad SMARTS) is 1. The van der Waals surface area contributed by atoms with E-state index in [0.717, 1.165) is 6.07 Å². The van der Waals surface area contributed by atoms with Crippen molar-refractivity contribution in [1.29, 1.82) is 0 Å². The van der Waals surface area contributed by atoms with Crippen LogP contribution in [0.5, 0.6) is 0 Å². The van der Waals surface area contributed by atoms with Crippen LogP contribution in [0.1, 0.15) is 0 Å². The van der Waals surface area contributed by atoms with Gasteiger partial charge in [-0.05, 0) is 12.1 Å². The zero-order chi connectivity index (χ0) is 12.3. The topological polar surface area (TPSA) is 54.4 Å². The Morgan fingerprint density at radius 3 is 2.69 bits per heavy atom. The number of amides is 1. The third-order valence-corrected chi connectivity index (χ3v) is 2.45. The van der Waals surface area contributed by atoms with E-state index in [0.29, 0.717) is 6.41 Å². The monoisotopic (exact) mass is 246 g/mol. The molecule has 86 valence electrons. The fraction of sp³-hybridized carbons (Fsp3) is 0.200. The highest BCUT2D eigenvalue weighted by Crippen LogP contribution is 2.31. The molecule has 1 aromatic carbocycles. The Bertz CT molecular complexity index is 418. The van der Waals surface area contributed by atoms with Crippen molar-refractivity contribution in [3.05, 3.63) is 29.0 Å². The normalized spacial score (nSPS) is 14.2. The zero-order valence-electron chi connectivity index (χ0n) is 8.48. The molecule has 6 heteroatoms. The van der Waals surface area contributed by atoms with Gasteiger partial charge < -0.3 is 5.11 Å². The zero-order valence-corrected chi connectivity index (χ0v) is 9.24. The van der Waals surface area contributed by atoms with E-state index in [2.05, 4.69) is 0 Å². The Balaban J connectivity index is 3.32. The van der Waals surface area contributed by atoms with Crippen LogP contribution in [0.15, 0.2) is 18.2 Å². The SMILES string of the molecule is C[N+](C=O)(CC(=O)O)c1c(F)cccc1Cl. The standard InChI is InChI=1S/C10H9ClFNO3/c1-13(6-14,5-9(15)16)10-7(11)3-2-4-8(10)12/h2-4,6H,5H2,1H3/p+1. The van der Waals surface area contributed by atoms with Gasteiger partial charge in [0.25, 0.3) is 0 Å². The minimum atomic E-state index is -1.21. The summed E-state index contributed by atoms with van der Waals surface area (Å²) in [5.41, 5.74) is -0.137. The van der Waals surface area contributed by atoms with Crippen molar-refractivity contribution in [3.8, 4) is 0 Å². The summed E-state index contributed by atoms with van der Waals surface area (Å²) in [7, 11) is 1.28. The van der Waals surface area contributed by atoms with Gasteiger partial charge in [0.1, 0.15) is 5.02 Å². The van der Waals surface area contributed by atoms with Crippen LogP contribution >= 0.6 is 11.6 Å². The second kappa shape index (κ2) is 4.59. The summed E-state index contributed by atoms with van der Waals surface area (Å²) < 4.78 is 12.8. The summed E-state index contributed by atoms with van der Waals surface area (Å²) in [5.74, 6) is -1.92. The van der Waals surface area contributed by atoms with Crippen LogP contribution in [-0.4, -0.2) is 31.1 Å². The number of nitrogens with zero attached hydrogens (tertiary/aromatic N) is 1. The maximum Gasteiger partial charge on any atom is 0.360 e. The molecule has 0 bridgehead atoms. The smallest absolute Gasteiger partial charge is 0.360 e. The van der Waals surface area contributed by atoms with Gasteiger partial charge in [-0.25, -0.2) is 18.5 Å².